The summed E-state index contributed by atoms with van der Waals surface area (Å²) in [7, 11) is 0. The molecule has 0 aromatic carbocycles. The first-order valence-electron chi connectivity index (χ1n) is 5.84. The second-order valence-corrected chi connectivity index (χ2v) is 4.63. The quantitative estimate of drug-likeness (QED) is 0.670. The summed E-state index contributed by atoms with van der Waals surface area (Å²) in [4.78, 5) is 14.1. The molecule has 2 fully saturated rings. The largest absolute Gasteiger partial charge is 0.378 e. The lowest BCUT2D eigenvalue weighted by Crippen LogP contribution is -2.48. The minimum atomic E-state index is 0.187. The number of morpholine rings is 1. The van der Waals surface area contributed by atoms with Gasteiger partial charge in [-0.15, -0.1) is 0 Å². The summed E-state index contributed by atoms with van der Waals surface area (Å²) in [6.45, 7) is 7.02. The van der Waals surface area contributed by atoms with E-state index < -0.39 is 0 Å². The summed E-state index contributed by atoms with van der Waals surface area (Å²) in [6, 6.07) is 0. The molecule has 0 aliphatic carbocycles. The molecule has 1 amide bonds. The van der Waals surface area contributed by atoms with E-state index in [1.165, 1.54) is 0 Å². The molecule has 1 N–H and O–H groups in total. The lowest BCUT2D eigenvalue weighted by molar-refractivity contribution is -0.140. The molecule has 86 valence electrons. The molecular weight excluding hydrogens is 192 g/mol. The standard InChI is InChI=1S/C11H20N2O2/c1-9-6-10(8-12-7-9)11(14)13-2-4-15-5-3-13/h9-10,12H,2-8H2,1H3. The van der Waals surface area contributed by atoms with Crippen molar-refractivity contribution in [1.29, 1.82) is 0 Å². The van der Waals surface area contributed by atoms with Gasteiger partial charge in [0, 0.05) is 19.6 Å². The Bertz CT molecular complexity index is 227. The normalized spacial score (nSPS) is 32.7. The highest BCUT2D eigenvalue weighted by Gasteiger charge is 2.29. The second-order valence-electron chi connectivity index (χ2n) is 4.63. The molecule has 2 aliphatic heterocycles. The molecule has 2 unspecified atom stereocenters. The topological polar surface area (TPSA) is 41.6 Å². The summed E-state index contributed by atoms with van der Waals surface area (Å²) in [5, 5.41) is 3.33. The lowest BCUT2D eigenvalue weighted by Gasteiger charge is -2.33. The van der Waals surface area contributed by atoms with E-state index >= 15 is 0 Å². The number of ether oxygens (including phenoxy) is 1. The minimum Gasteiger partial charge on any atom is -0.378 e. The number of amides is 1. The first-order chi connectivity index (χ1) is 7.27. The minimum absolute atomic E-state index is 0.187. The van der Waals surface area contributed by atoms with Gasteiger partial charge in [-0.3, -0.25) is 4.79 Å². The van der Waals surface area contributed by atoms with Gasteiger partial charge >= 0.3 is 0 Å². The van der Waals surface area contributed by atoms with Crippen molar-refractivity contribution in [2.24, 2.45) is 11.8 Å². The van der Waals surface area contributed by atoms with Gasteiger partial charge in [0.25, 0.3) is 0 Å². The van der Waals surface area contributed by atoms with Crippen molar-refractivity contribution in [2.45, 2.75) is 13.3 Å². The van der Waals surface area contributed by atoms with Crippen molar-refractivity contribution < 1.29 is 9.53 Å². The zero-order valence-electron chi connectivity index (χ0n) is 9.37. The highest BCUT2D eigenvalue weighted by atomic mass is 16.5. The molecule has 2 saturated heterocycles. The maximum absolute atomic E-state index is 12.1. The molecule has 0 aromatic heterocycles. The first-order valence-corrected chi connectivity index (χ1v) is 5.84. The highest BCUT2D eigenvalue weighted by molar-refractivity contribution is 5.79. The van der Waals surface area contributed by atoms with Crippen LogP contribution in [0.5, 0.6) is 0 Å². The van der Waals surface area contributed by atoms with E-state index in [4.69, 9.17) is 4.74 Å². The maximum Gasteiger partial charge on any atom is 0.227 e. The van der Waals surface area contributed by atoms with Crippen LogP contribution in [0.4, 0.5) is 0 Å². The van der Waals surface area contributed by atoms with Crippen molar-refractivity contribution in [3.05, 3.63) is 0 Å². The Kier molecular flexibility index (Phi) is 3.59. The molecule has 2 atom stereocenters. The van der Waals surface area contributed by atoms with E-state index in [1.807, 2.05) is 4.90 Å². The zero-order chi connectivity index (χ0) is 10.7. The Morgan fingerprint density at radius 1 is 1.33 bits per heavy atom. The van der Waals surface area contributed by atoms with Gasteiger partial charge < -0.3 is 15.0 Å². The Morgan fingerprint density at radius 3 is 2.73 bits per heavy atom. The average Bonchev–Trinajstić information content (AvgIpc) is 2.29. The van der Waals surface area contributed by atoms with E-state index in [-0.39, 0.29) is 5.92 Å². The van der Waals surface area contributed by atoms with E-state index in [0.717, 1.165) is 32.6 Å². The Morgan fingerprint density at radius 2 is 2.07 bits per heavy atom. The van der Waals surface area contributed by atoms with Crippen molar-refractivity contribution in [3.8, 4) is 0 Å². The number of carbonyl (C=O) groups is 1. The summed E-state index contributed by atoms with van der Waals surface area (Å²) in [6.07, 6.45) is 1.03. The van der Waals surface area contributed by atoms with Crippen LogP contribution in [0, 0.1) is 11.8 Å². The highest BCUT2D eigenvalue weighted by Crippen LogP contribution is 2.18. The van der Waals surface area contributed by atoms with Crippen LogP contribution in [-0.4, -0.2) is 50.2 Å². The zero-order valence-corrected chi connectivity index (χ0v) is 9.37. The van der Waals surface area contributed by atoms with Crippen LogP contribution in [0.15, 0.2) is 0 Å². The van der Waals surface area contributed by atoms with Crippen LogP contribution in [0.2, 0.25) is 0 Å². The fraction of sp³-hybridized carbons (Fsp3) is 0.909. The Balaban J connectivity index is 1.88. The number of nitrogens with one attached hydrogen (secondary N) is 1. The third-order valence-corrected chi connectivity index (χ3v) is 3.24. The van der Waals surface area contributed by atoms with E-state index in [2.05, 4.69) is 12.2 Å². The SMILES string of the molecule is CC1CNCC(C(=O)N2CCOCC2)C1. The molecular formula is C11H20N2O2. The molecule has 2 heterocycles. The predicted molar refractivity (Wildman–Crippen MR) is 57.5 cm³/mol. The van der Waals surface area contributed by atoms with Crippen molar-refractivity contribution >= 4 is 5.91 Å². The summed E-state index contributed by atoms with van der Waals surface area (Å²) in [5.74, 6) is 1.12. The second kappa shape index (κ2) is 4.94. The van der Waals surface area contributed by atoms with Gasteiger partial charge in [-0.1, -0.05) is 6.92 Å². The molecule has 2 rings (SSSR count). The third-order valence-electron chi connectivity index (χ3n) is 3.24. The van der Waals surface area contributed by atoms with Gasteiger partial charge in [-0.25, -0.2) is 0 Å². The lowest BCUT2D eigenvalue weighted by atomic mass is 9.91. The molecule has 0 spiro atoms. The molecule has 0 bridgehead atoms. The number of hydrogen-bond donors (Lipinski definition) is 1. The molecule has 0 saturated carbocycles. The van der Waals surface area contributed by atoms with Gasteiger partial charge in [-0.2, -0.15) is 0 Å². The summed E-state index contributed by atoms with van der Waals surface area (Å²) in [5.41, 5.74) is 0. The molecule has 0 radical (unpaired) electrons. The number of nitrogens with zero attached hydrogens (tertiary/aromatic N) is 1. The van der Waals surface area contributed by atoms with Crippen LogP contribution < -0.4 is 5.32 Å². The van der Waals surface area contributed by atoms with Gasteiger partial charge in [-0.05, 0) is 18.9 Å². The van der Waals surface area contributed by atoms with Gasteiger partial charge in [0.2, 0.25) is 5.91 Å². The van der Waals surface area contributed by atoms with Crippen LogP contribution in [0.1, 0.15) is 13.3 Å². The van der Waals surface area contributed by atoms with Crippen LogP contribution >= 0.6 is 0 Å². The monoisotopic (exact) mass is 212 g/mol. The fourth-order valence-electron chi connectivity index (χ4n) is 2.39. The molecule has 4 heteroatoms. The number of carbonyl (C=O) groups excluding carboxylic acids is 1. The fourth-order valence-corrected chi connectivity index (χ4v) is 2.39. The number of rotatable bonds is 1. The number of piperidine rings is 1. The Hall–Kier alpha value is -0.610. The van der Waals surface area contributed by atoms with E-state index in [1.54, 1.807) is 0 Å². The Labute approximate surface area is 91.0 Å². The summed E-state index contributed by atoms with van der Waals surface area (Å²) >= 11 is 0. The molecule has 0 aromatic rings. The molecule has 2 aliphatic rings. The average molecular weight is 212 g/mol. The molecule has 15 heavy (non-hydrogen) atoms. The van der Waals surface area contributed by atoms with Crippen LogP contribution in [-0.2, 0) is 9.53 Å². The van der Waals surface area contributed by atoms with Crippen LogP contribution in [0.3, 0.4) is 0 Å². The predicted octanol–water partition coefficient (Wildman–Crippen LogP) is 0.0908. The maximum atomic E-state index is 12.1. The van der Waals surface area contributed by atoms with Crippen molar-refractivity contribution in [3.63, 3.8) is 0 Å². The van der Waals surface area contributed by atoms with Crippen molar-refractivity contribution in [2.75, 3.05) is 39.4 Å². The smallest absolute Gasteiger partial charge is 0.227 e. The van der Waals surface area contributed by atoms with Gasteiger partial charge in [0.15, 0.2) is 0 Å². The number of hydrogen-bond acceptors (Lipinski definition) is 3. The van der Waals surface area contributed by atoms with Crippen LogP contribution in [0.25, 0.3) is 0 Å². The van der Waals surface area contributed by atoms with Gasteiger partial charge in [0.1, 0.15) is 0 Å². The molecule has 4 nitrogen and oxygen atoms in total. The third kappa shape index (κ3) is 2.69. The van der Waals surface area contributed by atoms with E-state index in [0.29, 0.717) is 25.0 Å². The van der Waals surface area contributed by atoms with Gasteiger partial charge in [0.05, 0.1) is 19.1 Å². The first kappa shape index (κ1) is 10.9. The van der Waals surface area contributed by atoms with E-state index in [9.17, 15) is 4.79 Å². The van der Waals surface area contributed by atoms with Crippen molar-refractivity contribution in [1.82, 2.24) is 10.2 Å². The summed E-state index contributed by atoms with van der Waals surface area (Å²) < 4.78 is 5.25.